The molecule has 1 N–H and O–H groups in total. The van der Waals surface area contributed by atoms with E-state index < -0.39 is 11.6 Å². The number of guanidine groups is 1. The van der Waals surface area contributed by atoms with Crippen molar-refractivity contribution < 1.29 is 8.78 Å². The minimum Gasteiger partial charge on any atom is -0.356 e. The molecule has 148 valence electrons. The molecule has 1 atom stereocenters. The fourth-order valence-corrected chi connectivity index (χ4v) is 3.47. The van der Waals surface area contributed by atoms with E-state index in [-0.39, 0.29) is 24.0 Å². The molecular formula is C19H26F2IN5. The number of halogens is 3. The molecule has 27 heavy (non-hydrogen) atoms. The van der Waals surface area contributed by atoms with Gasteiger partial charge in [0.2, 0.25) is 0 Å². The number of benzene rings is 1. The van der Waals surface area contributed by atoms with Crippen molar-refractivity contribution in [3.63, 3.8) is 0 Å². The highest BCUT2D eigenvalue weighted by Gasteiger charge is 2.25. The Kier molecular flexibility index (Phi) is 8.00. The van der Waals surface area contributed by atoms with Crippen LogP contribution in [-0.2, 0) is 19.9 Å². The average molecular weight is 489 g/mol. The summed E-state index contributed by atoms with van der Waals surface area (Å²) in [6, 6.07) is 3.71. The summed E-state index contributed by atoms with van der Waals surface area (Å²) in [6.07, 6.45) is 6.60. The van der Waals surface area contributed by atoms with Gasteiger partial charge in [0, 0.05) is 46.0 Å². The lowest BCUT2D eigenvalue weighted by Crippen LogP contribution is -2.41. The van der Waals surface area contributed by atoms with E-state index in [1.54, 1.807) is 7.05 Å². The highest BCUT2D eigenvalue weighted by atomic mass is 127. The monoisotopic (exact) mass is 489 g/mol. The number of nitrogens with zero attached hydrogens (tertiary/aromatic N) is 4. The summed E-state index contributed by atoms with van der Waals surface area (Å²) in [5.74, 6) is 0.361. The zero-order valence-corrected chi connectivity index (χ0v) is 18.0. The van der Waals surface area contributed by atoms with E-state index in [2.05, 4.69) is 26.5 Å². The number of hydrogen-bond donors (Lipinski definition) is 1. The molecule has 2 heterocycles. The van der Waals surface area contributed by atoms with E-state index in [0.29, 0.717) is 24.4 Å². The highest BCUT2D eigenvalue weighted by molar-refractivity contribution is 14.0. The number of aromatic nitrogens is 2. The summed E-state index contributed by atoms with van der Waals surface area (Å²) < 4.78 is 28.5. The van der Waals surface area contributed by atoms with E-state index >= 15 is 0 Å². The zero-order chi connectivity index (χ0) is 18.5. The van der Waals surface area contributed by atoms with E-state index in [1.165, 1.54) is 17.7 Å². The lowest BCUT2D eigenvalue weighted by Gasteiger charge is -2.21. The lowest BCUT2D eigenvalue weighted by molar-refractivity contribution is 0.460. The molecule has 8 heteroatoms. The van der Waals surface area contributed by atoms with Crippen molar-refractivity contribution in [3.8, 4) is 0 Å². The molecule has 3 rings (SSSR count). The summed E-state index contributed by atoms with van der Waals surface area (Å²) in [7, 11) is 3.69. The summed E-state index contributed by atoms with van der Waals surface area (Å²) >= 11 is 0. The molecule has 1 fully saturated rings. The van der Waals surface area contributed by atoms with Gasteiger partial charge in [0.05, 0.1) is 6.20 Å². The Bertz CT molecular complexity index is 777. The molecule has 0 radical (unpaired) electrons. The second-order valence-electron chi connectivity index (χ2n) is 6.79. The fraction of sp³-hybridized carbons (Fsp3) is 0.474. The van der Waals surface area contributed by atoms with Gasteiger partial charge in [-0.15, -0.1) is 24.0 Å². The third-order valence-electron chi connectivity index (χ3n) is 4.77. The Labute approximate surface area is 175 Å². The zero-order valence-electron chi connectivity index (χ0n) is 15.7. The molecule has 1 aromatic carbocycles. The van der Waals surface area contributed by atoms with Crippen LogP contribution < -0.4 is 5.32 Å². The number of likely N-dealkylation sites (tertiary alicyclic amines) is 1. The summed E-state index contributed by atoms with van der Waals surface area (Å²) in [6.45, 7) is 2.45. The molecule has 1 aromatic heterocycles. The van der Waals surface area contributed by atoms with Gasteiger partial charge >= 0.3 is 0 Å². The van der Waals surface area contributed by atoms with Crippen molar-refractivity contribution in [2.45, 2.75) is 19.3 Å². The molecule has 1 unspecified atom stereocenters. The Hall–Kier alpha value is -1.71. The number of aliphatic imine (C=N–C) groups is 1. The van der Waals surface area contributed by atoms with Crippen molar-refractivity contribution in [2.75, 3.05) is 26.7 Å². The van der Waals surface area contributed by atoms with Crippen LogP contribution in [0.4, 0.5) is 8.78 Å². The molecule has 0 spiro atoms. The van der Waals surface area contributed by atoms with Crippen molar-refractivity contribution in [1.29, 1.82) is 0 Å². The van der Waals surface area contributed by atoms with Crippen LogP contribution in [0.3, 0.4) is 0 Å². The average Bonchev–Trinajstić information content (AvgIpc) is 3.23. The molecule has 0 amide bonds. The number of rotatable bonds is 5. The van der Waals surface area contributed by atoms with Crippen LogP contribution >= 0.6 is 24.0 Å². The second-order valence-corrected chi connectivity index (χ2v) is 6.79. The van der Waals surface area contributed by atoms with Crippen LogP contribution in [0.15, 0.2) is 35.6 Å². The van der Waals surface area contributed by atoms with Crippen molar-refractivity contribution in [2.24, 2.45) is 18.0 Å². The summed E-state index contributed by atoms with van der Waals surface area (Å²) in [4.78, 5) is 6.58. The Morgan fingerprint density at radius 3 is 2.85 bits per heavy atom. The highest BCUT2D eigenvalue weighted by Crippen LogP contribution is 2.20. The first-order valence-corrected chi connectivity index (χ1v) is 8.92. The van der Waals surface area contributed by atoms with Gasteiger partial charge in [0.25, 0.3) is 0 Å². The van der Waals surface area contributed by atoms with Gasteiger partial charge in [-0.2, -0.15) is 5.10 Å². The maximum Gasteiger partial charge on any atom is 0.193 e. The van der Waals surface area contributed by atoms with E-state index in [0.717, 1.165) is 38.0 Å². The molecule has 5 nitrogen and oxygen atoms in total. The standard InChI is InChI=1S/C19H25F2N5.HI/c1-22-19(23-7-5-16-3-4-17(20)10-18(16)21)26-8-6-14(13-26)9-15-11-24-25(2)12-15;/h3-4,10-12,14H,5-9,13H2,1-2H3,(H,22,23);1H. The maximum atomic E-state index is 13.7. The van der Waals surface area contributed by atoms with E-state index in [4.69, 9.17) is 0 Å². The molecule has 0 aliphatic carbocycles. The number of hydrogen-bond acceptors (Lipinski definition) is 2. The molecular weight excluding hydrogens is 463 g/mol. The largest absolute Gasteiger partial charge is 0.356 e. The third-order valence-corrected chi connectivity index (χ3v) is 4.77. The minimum absolute atomic E-state index is 0. The van der Waals surface area contributed by atoms with Gasteiger partial charge in [-0.3, -0.25) is 9.67 Å². The molecule has 2 aromatic rings. The van der Waals surface area contributed by atoms with Crippen LogP contribution in [0.25, 0.3) is 0 Å². The Morgan fingerprint density at radius 2 is 2.19 bits per heavy atom. The molecule has 0 bridgehead atoms. The van der Waals surface area contributed by atoms with Gasteiger partial charge in [-0.25, -0.2) is 8.78 Å². The molecule has 1 aliphatic rings. The van der Waals surface area contributed by atoms with Crippen molar-refractivity contribution >= 4 is 29.9 Å². The number of nitrogens with one attached hydrogen (secondary N) is 1. The smallest absolute Gasteiger partial charge is 0.193 e. The SMILES string of the molecule is CN=C(NCCc1ccc(F)cc1F)N1CCC(Cc2cnn(C)c2)C1.I. The Balaban J connectivity index is 0.00000261. The van der Waals surface area contributed by atoms with E-state index in [9.17, 15) is 8.78 Å². The van der Waals surface area contributed by atoms with Crippen molar-refractivity contribution in [3.05, 3.63) is 53.4 Å². The van der Waals surface area contributed by atoms with Crippen LogP contribution in [0.2, 0.25) is 0 Å². The minimum atomic E-state index is -0.549. The van der Waals surface area contributed by atoms with E-state index in [1.807, 2.05) is 17.9 Å². The molecule has 1 aliphatic heterocycles. The predicted octanol–water partition coefficient (Wildman–Crippen LogP) is 3.00. The van der Waals surface area contributed by atoms with Gasteiger partial charge in [-0.1, -0.05) is 6.07 Å². The normalized spacial score (nSPS) is 17.1. The van der Waals surface area contributed by atoms with Crippen LogP contribution in [-0.4, -0.2) is 47.3 Å². The van der Waals surface area contributed by atoms with Crippen molar-refractivity contribution in [1.82, 2.24) is 20.0 Å². The lowest BCUT2D eigenvalue weighted by atomic mass is 10.0. The first kappa shape index (κ1) is 21.6. The topological polar surface area (TPSA) is 45.5 Å². The fourth-order valence-electron chi connectivity index (χ4n) is 3.47. The Morgan fingerprint density at radius 1 is 1.37 bits per heavy atom. The van der Waals surface area contributed by atoms with Crippen LogP contribution in [0.1, 0.15) is 17.5 Å². The second kappa shape index (κ2) is 10.0. The third kappa shape index (κ3) is 5.88. The van der Waals surface area contributed by atoms with Gasteiger partial charge in [0.1, 0.15) is 11.6 Å². The van der Waals surface area contributed by atoms with Gasteiger partial charge < -0.3 is 10.2 Å². The van der Waals surface area contributed by atoms with Gasteiger partial charge in [0.15, 0.2) is 5.96 Å². The first-order valence-electron chi connectivity index (χ1n) is 8.92. The molecule has 1 saturated heterocycles. The first-order chi connectivity index (χ1) is 12.5. The van der Waals surface area contributed by atoms with Crippen LogP contribution in [0.5, 0.6) is 0 Å². The quantitative estimate of drug-likeness (QED) is 0.399. The summed E-state index contributed by atoms with van der Waals surface area (Å²) in [5, 5.41) is 7.51. The summed E-state index contributed by atoms with van der Waals surface area (Å²) in [5.41, 5.74) is 1.76. The van der Waals surface area contributed by atoms with Gasteiger partial charge in [-0.05, 0) is 42.4 Å². The molecule has 0 saturated carbocycles. The predicted molar refractivity (Wildman–Crippen MR) is 113 cm³/mol. The number of aryl methyl sites for hydroxylation is 1. The maximum absolute atomic E-state index is 13.7. The van der Waals surface area contributed by atoms with Crippen LogP contribution in [0, 0.1) is 17.6 Å².